The Labute approximate surface area is 130 Å². The van der Waals surface area contributed by atoms with Crippen LogP contribution in [0, 0.1) is 5.82 Å². The number of anilines is 1. The van der Waals surface area contributed by atoms with Gasteiger partial charge in [0.15, 0.2) is 0 Å². The average Bonchev–Trinajstić information content (AvgIpc) is 2.48. The second-order valence-corrected chi connectivity index (χ2v) is 6.96. The monoisotopic (exact) mass is 330 g/mol. The Morgan fingerprint density at radius 1 is 1.38 bits per heavy atom. The summed E-state index contributed by atoms with van der Waals surface area (Å²) in [5, 5.41) is 14.5. The first-order chi connectivity index (χ1) is 10.1. The van der Waals surface area contributed by atoms with Gasteiger partial charge in [-0.05, 0) is 18.2 Å². The summed E-state index contributed by atoms with van der Waals surface area (Å²) in [4.78, 5) is 22.8. The van der Waals surface area contributed by atoms with Crippen LogP contribution in [0.15, 0.2) is 18.2 Å². The highest BCUT2D eigenvalue weighted by molar-refractivity contribution is 8.06. The molecule has 3 N–H and O–H groups in total. The number of carboxylic acids is 1. The fourth-order valence-electron chi connectivity index (χ4n) is 1.83. The molecule has 0 aromatic heterocycles. The van der Waals surface area contributed by atoms with Crippen molar-refractivity contribution in [2.75, 3.05) is 29.1 Å². The van der Waals surface area contributed by atoms with Gasteiger partial charge in [-0.15, -0.1) is 0 Å². The number of hydrogen-bond acceptors (Lipinski definition) is 4. The Kier molecular flexibility index (Phi) is 5.75. The van der Waals surface area contributed by atoms with Gasteiger partial charge in [0.05, 0.1) is 11.3 Å². The maximum atomic E-state index is 13.0. The SMILES string of the molecule is O=C(NCC1CSCCS1)Nc1ccc(F)cc1C(=O)O. The van der Waals surface area contributed by atoms with Crippen LogP contribution in [-0.2, 0) is 0 Å². The molecule has 0 aliphatic carbocycles. The van der Waals surface area contributed by atoms with Crippen LogP contribution >= 0.6 is 23.5 Å². The summed E-state index contributed by atoms with van der Waals surface area (Å²) in [5.41, 5.74) is -0.195. The van der Waals surface area contributed by atoms with E-state index in [1.807, 2.05) is 23.5 Å². The Morgan fingerprint density at radius 2 is 2.19 bits per heavy atom. The fourth-order valence-corrected chi connectivity index (χ4v) is 4.44. The minimum absolute atomic E-state index is 0.0760. The molecule has 0 bridgehead atoms. The largest absolute Gasteiger partial charge is 0.478 e. The number of nitrogens with one attached hydrogen (secondary N) is 2. The van der Waals surface area contributed by atoms with E-state index in [0.717, 1.165) is 29.4 Å². The number of amides is 2. The average molecular weight is 330 g/mol. The van der Waals surface area contributed by atoms with Crippen LogP contribution in [0.1, 0.15) is 10.4 Å². The van der Waals surface area contributed by atoms with Crippen molar-refractivity contribution in [2.45, 2.75) is 5.25 Å². The molecule has 1 heterocycles. The summed E-state index contributed by atoms with van der Waals surface area (Å²) in [6.45, 7) is 0.521. The highest BCUT2D eigenvalue weighted by Gasteiger charge is 2.17. The first-order valence-corrected chi connectivity index (χ1v) is 8.53. The Bertz CT molecular complexity index is 536. The predicted octanol–water partition coefficient (Wildman–Crippen LogP) is 2.49. The van der Waals surface area contributed by atoms with Gasteiger partial charge in [-0.3, -0.25) is 0 Å². The van der Waals surface area contributed by atoms with E-state index in [2.05, 4.69) is 10.6 Å². The van der Waals surface area contributed by atoms with E-state index in [1.165, 1.54) is 6.07 Å². The number of hydrogen-bond donors (Lipinski definition) is 3. The fraction of sp³-hybridized carbons (Fsp3) is 0.385. The maximum absolute atomic E-state index is 13.0. The zero-order valence-electron chi connectivity index (χ0n) is 11.1. The van der Waals surface area contributed by atoms with E-state index in [0.29, 0.717) is 11.8 Å². The second-order valence-electron chi connectivity index (χ2n) is 4.40. The van der Waals surface area contributed by atoms with Gasteiger partial charge >= 0.3 is 12.0 Å². The van der Waals surface area contributed by atoms with Crippen molar-refractivity contribution >= 4 is 41.2 Å². The molecule has 0 saturated carbocycles. The normalized spacial score (nSPS) is 18.0. The zero-order chi connectivity index (χ0) is 15.2. The van der Waals surface area contributed by atoms with Crippen LogP contribution in [0.2, 0.25) is 0 Å². The minimum atomic E-state index is -1.29. The summed E-state index contributed by atoms with van der Waals surface area (Å²) in [6, 6.07) is 2.74. The van der Waals surface area contributed by atoms with Gasteiger partial charge in [0, 0.05) is 29.1 Å². The lowest BCUT2D eigenvalue weighted by Gasteiger charge is -2.21. The van der Waals surface area contributed by atoms with Crippen molar-refractivity contribution in [3.05, 3.63) is 29.6 Å². The first-order valence-electron chi connectivity index (χ1n) is 6.33. The number of benzene rings is 1. The molecule has 1 atom stereocenters. The van der Waals surface area contributed by atoms with Crippen LogP contribution < -0.4 is 10.6 Å². The second kappa shape index (κ2) is 7.56. The number of urea groups is 1. The number of carbonyl (C=O) groups is 2. The Hall–Kier alpha value is -1.41. The molecular weight excluding hydrogens is 315 g/mol. The van der Waals surface area contributed by atoms with E-state index in [4.69, 9.17) is 5.11 Å². The van der Waals surface area contributed by atoms with Crippen molar-refractivity contribution < 1.29 is 19.1 Å². The summed E-state index contributed by atoms with van der Waals surface area (Å²) in [5.74, 6) is 1.24. The Balaban J connectivity index is 1.91. The van der Waals surface area contributed by atoms with E-state index < -0.39 is 17.8 Å². The Morgan fingerprint density at radius 3 is 2.86 bits per heavy atom. The van der Waals surface area contributed by atoms with Gasteiger partial charge in [0.2, 0.25) is 0 Å². The number of carboxylic acid groups (broad SMARTS) is 1. The number of halogens is 1. The van der Waals surface area contributed by atoms with E-state index >= 15 is 0 Å². The maximum Gasteiger partial charge on any atom is 0.337 e. The smallest absolute Gasteiger partial charge is 0.337 e. The number of rotatable bonds is 4. The first kappa shape index (κ1) is 16.0. The summed E-state index contributed by atoms with van der Waals surface area (Å²) < 4.78 is 13.0. The van der Waals surface area contributed by atoms with Crippen LogP contribution in [0.5, 0.6) is 0 Å². The van der Waals surface area contributed by atoms with Gasteiger partial charge in [-0.25, -0.2) is 14.0 Å². The zero-order valence-corrected chi connectivity index (χ0v) is 12.7. The summed E-state index contributed by atoms with van der Waals surface area (Å²) in [6.07, 6.45) is 0. The number of aromatic carboxylic acids is 1. The molecule has 2 rings (SSSR count). The van der Waals surface area contributed by atoms with Gasteiger partial charge in [0.1, 0.15) is 5.82 Å². The molecule has 1 aromatic rings. The number of carbonyl (C=O) groups excluding carboxylic acids is 1. The van der Waals surface area contributed by atoms with Gasteiger partial charge in [-0.1, -0.05) is 0 Å². The lowest BCUT2D eigenvalue weighted by atomic mass is 10.2. The molecule has 8 heteroatoms. The number of thioether (sulfide) groups is 2. The molecule has 0 spiro atoms. The van der Waals surface area contributed by atoms with E-state index in [1.54, 1.807) is 0 Å². The third kappa shape index (κ3) is 4.82. The highest BCUT2D eigenvalue weighted by atomic mass is 32.2. The van der Waals surface area contributed by atoms with Gasteiger partial charge in [0.25, 0.3) is 0 Å². The third-order valence-electron chi connectivity index (χ3n) is 2.84. The molecule has 21 heavy (non-hydrogen) atoms. The van der Waals surface area contributed by atoms with E-state index in [9.17, 15) is 14.0 Å². The molecule has 1 unspecified atom stereocenters. The molecule has 0 radical (unpaired) electrons. The molecule has 1 saturated heterocycles. The molecule has 1 aliphatic heterocycles. The van der Waals surface area contributed by atoms with Crippen molar-refractivity contribution in [3.63, 3.8) is 0 Å². The van der Waals surface area contributed by atoms with Gasteiger partial charge < -0.3 is 15.7 Å². The quantitative estimate of drug-likeness (QED) is 0.790. The van der Waals surface area contributed by atoms with Crippen LogP contribution in [0.4, 0.5) is 14.9 Å². The molecular formula is C13H15FN2O3S2. The molecule has 1 aromatic carbocycles. The standard InChI is InChI=1S/C13H15FN2O3S2/c14-8-1-2-11(10(5-8)12(17)18)16-13(19)15-6-9-7-20-3-4-21-9/h1-2,5,9H,3-4,6-7H2,(H,17,18)(H2,15,16,19). The van der Waals surface area contributed by atoms with Crippen LogP contribution in [-0.4, -0.2) is 46.2 Å². The lowest BCUT2D eigenvalue weighted by molar-refractivity contribution is 0.0697. The molecule has 114 valence electrons. The molecule has 2 amide bonds. The summed E-state index contributed by atoms with van der Waals surface area (Å²) in [7, 11) is 0. The van der Waals surface area contributed by atoms with Crippen molar-refractivity contribution in [1.29, 1.82) is 0 Å². The summed E-state index contributed by atoms with van der Waals surface area (Å²) >= 11 is 3.67. The van der Waals surface area contributed by atoms with E-state index in [-0.39, 0.29) is 11.3 Å². The molecule has 1 fully saturated rings. The van der Waals surface area contributed by atoms with Crippen molar-refractivity contribution in [3.8, 4) is 0 Å². The lowest BCUT2D eigenvalue weighted by Crippen LogP contribution is -2.36. The van der Waals surface area contributed by atoms with Crippen LogP contribution in [0.3, 0.4) is 0 Å². The van der Waals surface area contributed by atoms with Crippen molar-refractivity contribution in [1.82, 2.24) is 5.32 Å². The third-order valence-corrected chi connectivity index (χ3v) is 5.68. The molecule has 5 nitrogen and oxygen atoms in total. The topological polar surface area (TPSA) is 78.4 Å². The molecule has 1 aliphatic rings. The minimum Gasteiger partial charge on any atom is -0.478 e. The van der Waals surface area contributed by atoms with Crippen LogP contribution in [0.25, 0.3) is 0 Å². The highest BCUT2D eigenvalue weighted by Crippen LogP contribution is 2.23. The van der Waals surface area contributed by atoms with Gasteiger partial charge in [-0.2, -0.15) is 23.5 Å². The predicted molar refractivity (Wildman–Crippen MR) is 84.0 cm³/mol. The van der Waals surface area contributed by atoms with Crippen molar-refractivity contribution in [2.24, 2.45) is 0 Å².